The Bertz CT molecular complexity index is 302. The van der Waals surface area contributed by atoms with Gasteiger partial charge in [-0.2, -0.15) is 4.98 Å². The maximum atomic E-state index is 5.46. The Balaban J connectivity index is 2.46. The summed E-state index contributed by atoms with van der Waals surface area (Å²) in [5.74, 6) is 0. The third-order valence-corrected chi connectivity index (χ3v) is 2.49. The van der Waals surface area contributed by atoms with Crippen LogP contribution in [0.2, 0.25) is 0 Å². The first-order valence-corrected chi connectivity index (χ1v) is 6.20. The molecule has 0 saturated heterocycles. The minimum Gasteiger partial charge on any atom is -0.432 e. The fraction of sp³-hybridized carbons (Fsp3) is 0.750. The van der Waals surface area contributed by atoms with Crippen molar-refractivity contribution in [2.75, 3.05) is 38.3 Å². The molecule has 1 rings (SSSR count). The standard InChI is InChI=1S/C12H23N3O2/c1-4-6-13-9-11-10-17-12(14-11)15(5-2)7-8-16-3/h10,13H,4-9H2,1-3H3. The molecule has 1 aromatic rings. The lowest BCUT2D eigenvalue weighted by Gasteiger charge is -2.17. The molecule has 0 unspecified atom stereocenters. The fourth-order valence-corrected chi connectivity index (χ4v) is 1.51. The van der Waals surface area contributed by atoms with E-state index in [2.05, 4.69) is 29.0 Å². The lowest BCUT2D eigenvalue weighted by molar-refractivity contribution is 0.204. The van der Waals surface area contributed by atoms with Gasteiger partial charge in [-0.1, -0.05) is 6.92 Å². The first-order valence-electron chi connectivity index (χ1n) is 6.20. The van der Waals surface area contributed by atoms with Crippen molar-refractivity contribution in [3.8, 4) is 0 Å². The fourth-order valence-electron chi connectivity index (χ4n) is 1.51. The monoisotopic (exact) mass is 241 g/mol. The summed E-state index contributed by atoms with van der Waals surface area (Å²) in [6, 6.07) is 0.679. The van der Waals surface area contributed by atoms with E-state index >= 15 is 0 Å². The maximum absolute atomic E-state index is 5.46. The topological polar surface area (TPSA) is 50.5 Å². The molecule has 5 heteroatoms. The van der Waals surface area contributed by atoms with Crippen LogP contribution in [0.1, 0.15) is 26.0 Å². The third kappa shape index (κ3) is 4.75. The highest BCUT2D eigenvalue weighted by Gasteiger charge is 2.10. The predicted molar refractivity (Wildman–Crippen MR) is 68.3 cm³/mol. The molecule has 0 amide bonds. The average molecular weight is 241 g/mol. The van der Waals surface area contributed by atoms with Gasteiger partial charge in [-0.25, -0.2) is 0 Å². The van der Waals surface area contributed by atoms with Gasteiger partial charge in [0.05, 0.1) is 12.3 Å². The second kappa shape index (κ2) is 8.08. The van der Waals surface area contributed by atoms with Crippen molar-refractivity contribution in [3.05, 3.63) is 12.0 Å². The summed E-state index contributed by atoms with van der Waals surface area (Å²) in [5, 5.41) is 3.30. The molecule has 1 heterocycles. The normalized spacial score (nSPS) is 10.8. The second-order valence-corrected chi connectivity index (χ2v) is 3.87. The number of likely N-dealkylation sites (N-methyl/N-ethyl adjacent to an activating group) is 1. The highest BCUT2D eigenvalue weighted by molar-refractivity contribution is 5.26. The lowest BCUT2D eigenvalue weighted by atomic mass is 10.4. The van der Waals surface area contributed by atoms with Crippen molar-refractivity contribution in [3.63, 3.8) is 0 Å². The lowest BCUT2D eigenvalue weighted by Crippen LogP contribution is -2.27. The molecule has 0 spiro atoms. The zero-order valence-corrected chi connectivity index (χ0v) is 11.0. The van der Waals surface area contributed by atoms with E-state index in [1.807, 2.05) is 0 Å². The number of ether oxygens (including phenoxy) is 1. The molecule has 17 heavy (non-hydrogen) atoms. The maximum Gasteiger partial charge on any atom is 0.297 e. The minimum atomic E-state index is 0.679. The summed E-state index contributed by atoms with van der Waals surface area (Å²) in [6.07, 6.45) is 2.84. The van der Waals surface area contributed by atoms with Crippen LogP contribution in [0.15, 0.2) is 10.7 Å². The zero-order chi connectivity index (χ0) is 12.5. The van der Waals surface area contributed by atoms with Crippen LogP contribution < -0.4 is 10.2 Å². The van der Waals surface area contributed by atoms with Crippen molar-refractivity contribution in [2.24, 2.45) is 0 Å². The van der Waals surface area contributed by atoms with Crippen LogP contribution in [0.5, 0.6) is 0 Å². The van der Waals surface area contributed by atoms with Crippen molar-refractivity contribution in [1.82, 2.24) is 10.3 Å². The highest BCUT2D eigenvalue weighted by Crippen LogP contribution is 2.12. The molecule has 5 nitrogen and oxygen atoms in total. The molecule has 0 radical (unpaired) electrons. The molecule has 1 N–H and O–H groups in total. The summed E-state index contributed by atoms with van der Waals surface area (Å²) in [6.45, 7) is 8.34. The molecule has 0 aliphatic carbocycles. The number of nitrogens with zero attached hydrogens (tertiary/aromatic N) is 2. The van der Waals surface area contributed by atoms with Gasteiger partial charge in [-0.3, -0.25) is 0 Å². The van der Waals surface area contributed by atoms with E-state index < -0.39 is 0 Å². The van der Waals surface area contributed by atoms with Crippen molar-refractivity contribution in [2.45, 2.75) is 26.8 Å². The van der Waals surface area contributed by atoms with Gasteiger partial charge >= 0.3 is 0 Å². The van der Waals surface area contributed by atoms with Gasteiger partial charge < -0.3 is 19.4 Å². The molecule has 0 aliphatic heterocycles. The van der Waals surface area contributed by atoms with Gasteiger partial charge in [-0.15, -0.1) is 0 Å². The Labute approximate surface area is 103 Å². The zero-order valence-electron chi connectivity index (χ0n) is 11.0. The van der Waals surface area contributed by atoms with Crippen LogP contribution in [0.3, 0.4) is 0 Å². The minimum absolute atomic E-state index is 0.679. The Hall–Kier alpha value is -1.07. The number of nitrogens with one attached hydrogen (secondary N) is 1. The van der Waals surface area contributed by atoms with Gasteiger partial charge in [0.15, 0.2) is 0 Å². The molecule has 1 aromatic heterocycles. The Morgan fingerprint density at radius 3 is 2.94 bits per heavy atom. The summed E-state index contributed by atoms with van der Waals surface area (Å²) < 4.78 is 10.5. The summed E-state index contributed by atoms with van der Waals surface area (Å²) in [5.41, 5.74) is 0.948. The number of methoxy groups -OCH3 is 1. The first kappa shape index (κ1) is 14.0. The number of hydrogen-bond acceptors (Lipinski definition) is 5. The molecule has 0 aromatic carbocycles. The number of hydrogen-bond donors (Lipinski definition) is 1. The van der Waals surface area contributed by atoms with Crippen LogP contribution in [-0.2, 0) is 11.3 Å². The molecule has 0 saturated carbocycles. The molecule has 0 fully saturated rings. The molecule has 0 aliphatic rings. The van der Waals surface area contributed by atoms with E-state index in [0.29, 0.717) is 12.6 Å². The first-order chi connectivity index (χ1) is 8.31. The SMILES string of the molecule is CCCNCc1coc(N(CC)CCOC)n1. The van der Waals surface area contributed by atoms with Crippen LogP contribution >= 0.6 is 0 Å². The molecular weight excluding hydrogens is 218 g/mol. The van der Waals surface area contributed by atoms with Crippen molar-refractivity contribution in [1.29, 1.82) is 0 Å². The quantitative estimate of drug-likeness (QED) is 0.666. The van der Waals surface area contributed by atoms with Gasteiger partial charge in [0.25, 0.3) is 6.01 Å². The molecule has 98 valence electrons. The number of aromatic nitrogens is 1. The van der Waals surface area contributed by atoms with Gasteiger partial charge in [0.1, 0.15) is 6.26 Å². The summed E-state index contributed by atoms with van der Waals surface area (Å²) in [4.78, 5) is 6.51. The molecule has 0 bridgehead atoms. The Kier molecular flexibility index (Phi) is 6.65. The second-order valence-electron chi connectivity index (χ2n) is 3.87. The van der Waals surface area contributed by atoms with Gasteiger partial charge in [0.2, 0.25) is 0 Å². The molecule has 0 atom stereocenters. The largest absolute Gasteiger partial charge is 0.432 e. The van der Waals surface area contributed by atoms with E-state index in [-0.39, 0.29) is 0 Å². The predicted octanol–water partition coefficient (Wildman–Crippen LogP) is 1.65. The Morgan fingerprint density at radius 2 is 2.29 bits per heavy atom. The summed E-state index contributed by atoms with van der Waals surface area (Å²) in [7, 11) is 1.70. The molecular formula is C12H23N3O2. The average Bonchev–Trinajstić information content (AvgIpc) is 2.79. The van der Waals surface area contributed by atoms with E-state index in [1.54, 1.807) is 13.4 Å². The summed E-state index contributed by atoms with van der Waals surface area (Å²) >= 11 is 0. The Morgan fingerprint density at radius 1 is 1.47 bits per heavy atom. The number of rotatable bonds is 9. The van der Waals surface area contributed by atoms with E-state index in [4.69, 9.17) is 9.15 Å². The van der Waals surface area contributed by atoms with Crippen LogP contribution in [0.4, 0.5) is 6.01 Å². The van der Waals surface area contributed by atoms with E-state index in [1.165, 1.54) is 0 Å². The number of anilines is 1. The van der Waals surface area contributed by atoms with Gasteiger partial charge in [-0.05, 0) is 19.9 Å². The van der Waals surface area contributed by atoms with Crippen LogP contribution in [0, 0.1) is 0 Å². The smallest absolute Gasteiger partial charge is 0.297 e. The number of oxazole rings is 1. The van der Waals surface area contributed by atoms with Gasteiger partial charge in [0, 0.05) is 26.7 Å². The van der Waals surface area contributed by atoms with E-state index in [9.17, 15) is 0 Å². The highest BCUT2D eigenvalue weighted by atomic mass is 16.5. The van der Waals surface area contributed by atoms with Crippen LogP contribution in [-0.4, -0.2) is 38.3 Å². The van der Waals surface area contributed by atoms with Crippen molar-refractivity contribution >= 4 is 6.01 Å². The third-order valence-electron chi connectivity index (χ3n) is 2.49. The van der Waals surface area contributed by atoms with Crippen LogP contribution in [0.25, 0.3) is 0 Å². The van der Waals surface area contributed by atoms with E-state index in [0.717, 1.165) is 38.3 Å². The van der Waals surface area contributed by atoms with Crippen molar-refractivity contribution < 1.29 is 9.15 Å².